The lowest BCUT2D eigenvalue weighted by Gasteiger charge is -2.31. The fourth-order valence-corrected chi connectivity index (χ4v) is 3.00. The summed E-state index contributed by atoms with van der Waals surface area (Å²) in [4.78, 5) is 12.0. The van der Waals surface area contributed by atoms with Crippen molar-refractivity contribution in [3.63, 3.8) is 0 Å². The summed E-state index contributed by atoms with van der Waals surface area (Å²) in [5.74, 6) is -0.322. The van der Waals surface area contributed by atoms with Crippen molar-refractivity contribution in [3.8, 4) is 6.07 Å². The molecule has 1 aliphatic heterocycles. The highest BCUT2D eigenvalue weighted by Crippen LogP contribution is 2.09. The highest BCUT2D eigenvalue weighted by molar-refractivity contribution is 7.88. The fraction of sp³-hybridized carbons (Fsp3) is 0.429. The number of hydrogen-bond donors (Lipinski definition) is 1. The van der Waals surface area contributed by atoms with Gasteiger partial charge in [0.2, 0.25) is 10.0 Å². The Morgan fingerprint density at radius 1 is 1.55 bits per heavy atom. The molecule has 1 aliphatic rings. The van der Waals surface area contributed by atoms with Gasteiger partial charge in [-0.3, -0.25) is 4.79 Å². The van der Waals surface area contributed by atoms with Gasteiger partial charge in [0.25, 0.3) is 5.91 Å². The lowest BCUT2D eigenvalue weighted by atomic mass is 10.1. The van der Waals surface area contributed by atoms with Crippen LogP contribution in [0.15, 0.2) is 24.3 Å². The van der Waals surface area contributed by atoms with Gasteiger partial charge in [-0.2, -0.15) is 9.57 Å². The zero-order chi connectivity index (χ0) is 16.2. The standard InChI is InChI=1S/C14H17N3O4S/c1-22(19,20)17-5-6-21-13(10-17)9-16-14(18)12-4-2-3-11(7-12)8-15/h2-4,7,13H,5-6,9-10H2,1H3,(H,16,18)/t13-/m1/s1. The zero-order valence-electron chi connectivity index (χ0n) is 12.2. The molecular weight excluding hydrogens is 306 g/mol. The summed E-state index contributed by atoms with van der Waals surface area (Å²) in [5.41, 5.74) is 0.791. The third-order valence-electron chi connectivity index (χ3n) is 3.31. The number of hydrogen-bond acceptors (Lipinski definition) is 5. The second kappa shape index (κ2) is 6.87. The largest absolute Gasteiger partial charge is 0.374 e. The van der Waals surface area contributed by atoms with Crippen LogP contribution in [0, 0.1) is 11.3 Å². The third-order valence-corrected chi connectivity index (χ3v) is 4.58. The second-order valence-electron chi connectivity index (χ2n) is 5.02. The number of nitrogens with zero attached hydrogens (tertiary/aromatic N) is 2. The molecule has 8 heteroatoms. The Kier molecular flexibility index (Phi) is 5.13. The lowest BCUT2D eigenvalue weighted by molar-refractivity contribution is 0.000438. The van der Waals surface area contributed by atoms with Crippen molar-refractivity contribution in [2.24, 2.45) is 0 Å². The molecule has 0 bridgehead atoms. The van der Waals surface area contributed by atoms with Crippen LogP contribution in [-0.4, -0.2) is 57.2 Å². The molecule has 0 aliphatic carbocycles. The fourth-order valence-electron chi connectivity index (χ4n) is 2.16. The normalized spacial score (nSPS) is 19.4. The number of ether oxygens (including phenoxy) is 1. The Morgan fingerprint density at radius 3 is 3.00 bits per heavy atom. The van der Waals surface area contributed by atoms with Crippen molar-refractivity contribution >= 4 is 15.9 Å². The molecule has 0 unspecified atom stereocenters. The van der Waals surface area contributed by atoms with Crippen LogP contribution in [0.2, 0.25) is 0 Å². The minimum atomic E-state index is -3.25. The van der Waals surface area contributed by atoms with Crippen molar-refractivity contribution < 1.29 is 17.9 Å². The van der Waals surface area contributed by atoms with E-state index in [1.54, 1.807) is 18.2 Å². The highest BCUT2D eigenvalue weighted by atomic mass is 32.2. The van der Waals surface area contributed by atoms with E-state index in [1.165, 1.54) is 10.4 Å². The number of nitriles is 1. The van der Waals surface area contributed by atoms with E-state index in [9.17, 15) is 13.2 Å². The Morgan fingerprint density at radius 2 is 2.32 bits per heavy atom. The molecule has 0 aromatic heterocycles. The second-order valence-corrected chi connectivity index (χ2v) is 7.00. The molecule has 1 aromatic carbocycles. The monoisotopic (exact) mass is 323 g/mol. The molecule has 0 saturated carbocycles. The smallest absolute Gasteiger partial charge is 0.251 e. The van der Waals surface area contributed by atoms with Gasteiger partial charge in [-0.15, -0.1) is 0 Å². The number of nitrogens with one attached hydrogen (secondary N) is 1. The van der Waals surface area contributed by atoms with E-state index in [4.69, 9.17) is 10.00 Å². The average molecular weight is 323 g/mol. The maximum atomic E-state index is 12.0. The summed E-state index contributed by atoms with van der Waals surface area (Å²) in [6.45, 7) is 1.06. The molecule has 118 valence electrons. The molecule has 1 fully saturated rings. The van der Waals surface area contributed by atoms with Crippen LogP contribution >= 0.6 is 0 Å². The van der Waals surface area contributed by atoms with Gasteiger partial charge in [-0.05, 0) is 18.2 Å². The number of carbonyl (C=O) groups excluding carboxylic acids is 1. The first-order chi connectivity index (χ1) is 10.4. The van der Waals surface area contributed by atoms with Gasteiger partial charge in [0.1, 0.15) is 0 Å². The van der Waals surface area contributed by atoms with Crippen molar-refractivity contribution in [2.75, 3.05) is 32.5 Å². The molecule has 1 heterocycles. The highest BCUT2D eigenvalue weighted by Gasteiger charge is 2.26. The summed E-state index contributed by atoms with van der Waals surface area (Å²) in [6.07, 6.45) is 0.771. The molecule has 1 saturated heterocycles. The quantitative estimate of drug-likeness (QED) is 0.837. The number of rotatable bonds is 4. The topological polar surface area (TPSA) is 99.5 Å². The Bertz CT molecular complexity index is 696. The van der Waals surface area contributed by atoms with Crippen LogP contribution in [0.25, 0.3) is 0 Å². The Hall–Kier alpha value is -1.95. The Labute approximate surface area is 129 Å². The van der Waals surface area contributed by atoms with Crippen LogP contribution in [0.4, 0.5) is 0 Å². The predicted octanol–water partition coefficient (Wildman–Crippen LogP) is -0.0515. The summed E-state index contributed by atoms with van der Waals surface area (Å²) >= 11 is 0. The molecule has 1 aromatic rings. The van der Waals surface area contributed by atoms with Gasteiger partial charge in [0.15, 0.2) is 0 Å². The Balaban J connectivity index is 1.92. The van der Waals surface area contributed by atoms with Gasteiger partial charge < -0.3 is 10.1 Å². The van der Waals surface area contributed by atoms with E-state index < -0.39 is 10.0 Å². The first-order valence-corrected chi connectivity index (χ1v) is 8.60. The van der Waals surface area contributed by atoms with Crippen LogP contribution in [0.5, 0.6) is 0 Å². The maximum Gasteiger partial charge on any atom is 0.251 e. The van der Waals surface area contributed by atoms with Gasteiger partial charge in [-0.25, -0.2) is 8.42 Å². The molecule has 1 amide bonds. The third kappa shape index (κ3) is 4.27. The van der Waals surface area contributed by atoms with Crippen molar-refractivity contribution in [3.05, 3.63) is 35.4 Å². The van der Waals surface area contributed by atoms with E-state index >= 15 is 0 Å². The summed E-state index contributed by atoms with van der Waals surface area (Å²) in [7, 11) is -3.25. The summed E-state index contributed by atoms with van der Waals surface area (Å²) < 4.78 is 29.8. The predicted molar refractivity (Wildman–Crippen MR) is 79.6 cm³/mol. The van der Waals surface area contributed by atoms with Gasteiger partial charge in [-0.1, -0.05) is 6.07 Å². The molecule has 1 N–H and O–H groups in total. The van der Waals surface area contributed by atoms with E-state index in [2.05, 4.69) is 5.32 Å². The average Bonchev–Trinajstić information content (AvgIpc) is 2.52. The number of morpholine rings is 1. The molecule has 22 heavy (non-hydrogen) atoms. The SMILES string of the molecule is CS(=O)(=O)N1CCO[C@H](CNC(=O)c2cccc(C#N)c2)C1. The molecule has 7 nitrogen and oxygen atoms in total. The van der Waals surface area contributed by atoms with Crippen molar-refractivity contribution in [1.82, 2.24) is 9.62 Å². The van der Waals surface area contributed by atoms with E-state index in [-0.39, 0.29) is 25.1 Å². The number of carbonyl (C=O) groups is 1. The number of benzene rings is 1. The summed E-state index contributed by atoms with van der Waals surface area (Å²) in [5, 5.41) is 11.5. The van der Waals surface area contributed by atoms with Crippen LogP contribution in [0.1, 0.15) is 15.9 Å². The number of amides is 1. The number of sulfonamides is 1. The minimum Gasteiger partial charge on any atom is -0.374 e. The molecule has 0 radical (unpaired) electrons. The van der Waals surface area contributed by atoms with Gasteiger partial charge in [0.05, 0.1) is 30.6 Å². The molecule has 2 rings (SSSR count). The minimum absolute atomic E-state index is 0.210. The molecular formula is C14H17N3O4S. The first-order valence-electron chi connectivity index (χ1n) is 6.75. The van der Waals surface area contributed by atoms with E-state index in [1.807, 2.05) is 6.07 Å². The summed E-state index contributed by atoms with van der Waals surface area (Å²) in [6, 6.07) is 8.33. The maximum absolute atomic E-state index is 12.0. The van der Waals surface area contributed by atoms with E-state index in [0.29, 0.717) is 24.3 Å². The van der Waals surface area contributed by atoms with Crippen molar-refractivity contribution in [1.29, 1.82) is 5.26 Å². The lowest BCUT2D eigenvalue weighted by Crippen LogP contribution is -2.49. The zero-order valence-corrected chi connectivity index (χ0v) is 13.0. The van der Waals surface area contributed by atoms with Crippen LogP contribution < -0.4 is 5.32 Å². The van der Waals surface area contributed by atoms with Gasteiger partial charge in [0, 0.05) is 25.2 Å². The first kappa shape index (κ1) is 16.4. The van der Waals surface area contributed by atoms with Crippen molar-refractivity contribution in [2.45, 2.75) is 6.10 Å². The van der Waals surface area contributed by atoms with Gasteiger partial charge >= 0.3 is 0 Å². The van der Waals surface area contributed by atoms with Crippen LogP contribution in [-0.2, 0) is 14.8 Å². The molecule has 0 spiro atoms. The van der Waals surface area contributed by atoms with E-state index in [0.717, 1.165) is 6.26 Å². The van der Waals surface area contributed by atoms with Crippen LogP contribution in [0.3, 0.4) is 0 Å². The molecule has 1 atom stereocenters.